The van der Waals surface area contributed by atoms with E-state index < -0.39 is 0 Å². The summed E-state index contributed by atoms with van der Waals surface area (Å²) in [6.45, 7) is 10.8. The number of carbonyl (C=O) groups excluding carboxylic acids is 1. The second-order valence-corrected chi connectivity index (χ2v) is 13.4. The van der Waals surface area contributed by atoms with E-state index in [1.165, 1.54) is 36.8 Å². The molecule has 3 atom stereocenters. The molecule has 0 aliphatic carbocycles. The number of imidazole rings is 1. The van der Waals surface area contributed by atoms with E-state index in [0.717, 1.165) is 50.2 Å². The van der Waals surface area contributed by atoms with Crippen LogP contribution in [0.2, 0.25) is 0 Å². The van der Waals surface area contributed by atoms with Gasteiger partial charge in [0.1, 0.15) is 11.6 Å². The molecule has 1 aromatic heterocycles. The Kier molecular flexibility index (Phi) is 6.73. The van der Waals surface area contributed by atoms with Crippen molar-refractivity contribution in [1.82, 2.24) is 19.4 Å². The lowest BCUT2D eigenvalue weighted by atomic mass is 9.70. The first-order chi connectivity index (χ1) is 18.6. The van der Waals surface area contributed by atoms with E-state index in [1.807, 2.05) is 32.9 Å². The van der Waals surface area contributed by atoms with Crippen molar-refractivity contribution >= 4 is 16.9 Å². The average molecular weight is 529 g/mol. The molecule has 3 aliphatic heterocycles. The van der Waals surface area contributed by atoms with Crippen LogP contribution in [0.3, 0.4) is 0 Å². The number of aryl methyl sites for hydroxylation is 1. The van der Waals surface area contributed by atoms with E-state index in [9.17, 15) is 9.90 Å². The fraction of sp³-hybridized carbons (Fsp3) is 0.576. The van der Waals surface area contributed by atoms with Crippen molar-refractivity contribution in [2.45, 2.75) is 96.2 Å². The summed E-state index contributed by atoms with van der Waals surface area (Å²) >= 11 is 0. The van der Waals surface area contributed by atoms with Gasteiger partial charge in [0, 0.05) is 42.0 Å². The van der Waals surface area contributed by atoms with Gasteiger partial charge in [0.2, 0.25) is 5.91 Å². The van der Waals surface area contributed by atoms with Gasteiger partial charge in [0.15, 0.2) is 0 Å². The van der Waals surface area contributed by atoms with Crippen LogP contribution in [0.1, 0.15) is 83.1 Å². The van der Waals surface area contributed by atoms with Crippen molar-refractivity contribution in [3.8, 4) is 5.75 Å². The summed E-state index contributed by atoms with van der Waals surface area (Å²) in [6, 6.07) is 18.2. The number of piperidine rings is 2. The van der Waals surface area contributed by atoms with Crippen LogP contribution in [0, 0.1) is 12.3 Å². The molecule has 6 heteroatoms. The van der Waals surface area contributed by atoms with Gasteiger partial charge in [-0.15, -0.1) is 0 Å². The molecule has 6 nitrogen and oxygen atoms in total. The first kappa shape index (κ1) is 26.4. The zero-order valence-electron chi connectivity index (χ0n) is 24.1. The normalized spacial score (nSPS) is 25.3. The number of rotatable bonds is 5. The molecule has 39 heavy (non-hydrogen) atoms. The number of para-hydroxylation sites is 2. The van der Waals surface area contributed by atoms with Crippen LogP contribution < -0.4 is 0 Å². The number of hydrogen-bond acceptors (Lipinski definition) is 4. The number of likely N-dealkylation sites (tertiary alicyclic amines) is 1. The Bertz CT molecular complexity index is 1330. The molecule has 0 radical (unpaired) electrons. The maximum Gasteiger partial charge on any atom is 0.227 e. The number of nitrogens with zero attached hydrogens (tertiary/aromatic N) is 4. The Morgan fingerprint density at radius 3 is 2.36 bits per heavy atom. The Balaban J connectivity index is 1.19. The van der Waals surface area contributed by atoms with Crippen LogP contribution in [0.15, 0.2) is 48.5 Å². The number of hydrogen-bond donors (Lipinski definition) is 1. The molecule has 1 N–H and O–H groups in total. The number of aromatic nitrogens is 2. The van der Waals surface area contributed by atoms with Crippen molar-refractivity contribution in [3.63, 3.8) is 0 Å². The monoisotopic (exact) mass is 528 g/mol. The fourth-order valence-electron chi connectivity index (χ4n) is 7.92. The lowest BCUT2D eigenvalue weighted by molar-refractivity contribution is -0.141. The highest BCUT2D eigenvalue weighted by Crippen LogP contribution is 2.45. The van der Waals surface area contributed by atoms with E-state index in [4.69, 9.17) is 4.98 Å². The smallest absolute Gasteiger partial charge is 0.227 e. The highest BCUT2D eigenvalue weighted by molar-refractivity contribution is 5.81. The third-order valence-electron chi connectivity index (χ3n) is 9.95. The highest BCUT2D eigenvalue weighted by Gasteiger charge is 2.44. The molecule has 2 aromatic carbocycles. The Morgan fingerprint density at radius 2 is 1.69 bits per heavy atom. The van der Waals surface area contributed by atoms with Crippen molar-refractivity contribution in [2.24, 2.45) is 5.41 Å². The van der Waals surface area contributed by atoms with E-state index in [2.05, 4.69) is 51.6 Å². The quantitative estimate of drug-likeness (QED) is 0.427. The largest absolute Gasteiger partial charge is 0.508 e. The number of fused-ring (bicyclic) bond motifs is 3. The molecular formula is C33H44N4O2. The van der Waals surface area contributed by atoms with Crippen LogP contribution in [0.4, 0.5) is 0 Å². The molecule has 3 fully saturated rings. The van der Waals surface area contributed by atoms with Gasteiger partial charge in [-0.25, -0.2) is 4.98 Å². The Labute approximate surface area is 233 Å². The van der Waals surface area contributed by atoms with Crippen LogP contribution in [-0.2, 0) is 10.2 Å². The van der Waals surface area contributed by atoms with Gasteiger partial charge < -0.3 is 14.6 Å². The van der Waals surface area contributed by atoms with Crippen LogP contribution in [0.25, 0.3) is 11.0 Å². The second kappa shape index (κ2) is 9.96. The molecule has 3 saturated heterocycles. The van der Waals surface area contributed by atoms with Gasteiger partial charge in [-0.1, -0.05) is 45.0 Å². The van der Waals surface area contributed by atoms with Gasteiger partial charge in [0.25, 0.3) is 0 Å². The summed E-state index contributed by atoms with van der Waals surface area (Å²) in [5.74, 6) is 1.71. The standard InChI is InChI=1S/C33H44N4O2/c1-23-34-29-10-5-6-11-30(29)37(23)27-21-25-12-13-26(22-27)36(25)19-16-33(24-8-7-9-28(38)20-24)14-17-35(18-15-33)31(39)32(2,3)4/h5-11,20,25-27,38H,12-19,21-22H2,1-4H3/t25-,26+,27+. The number of aromatic hydroxyl groups is 1. The van der Waals surface area contributed by atoms with Gasteiger partial charge in [0.05, 0.1) is 11.0 Å². The Morgan fingerprint density at radius 1 is 1.00 bits per heavy atom. The van der Waals surface area contributed by atoms with Crippen LogP contribution in [-0.4, -0.2) is 62.1 Å². The van der Waals surface area contributed by atoms with Crippen molar-refractivity contribution < 1.29 is 9.90 Å². The molecule has 0 unspecified atom stereocenters. The van der Waals surface area contributed by atoms with Gasteiger partial charge in [-0.3, -0.25) is 9.69 Å². The molecular weight excluding hydrogens is 484 g/mol. The lowest BCUT2D eigenvalue weighted by Crippen LogP contribution is -2.50. The summed E-state index contributed by atoms with van der Waals surface area (Å²) in [5, 5.41) is 10.4. The first-order valence-corrected chi connectivity index (χ1v) is 14.9. The predicted octanol–water partition coefficient (Wildman–Crippen LogP) is 6.21. The summed E-state index contributed by atoms with van der Waals surface area (Å²) < 4.78 is 2.51. The molecule has 208 valence electrons. The van der Waals surface area contributed by atoms with Gasteiger partial charge in [-0.2, -0.15) is 0 Å². The summed E-state index contributed by atoms with van der Waals surface area (Å²) in [6.07, 6.45) is 7.89. The summed E-state index contributed by atoms with van der Waals surface area (Å²) in [7, 11) is 0. The second-order valence-electron chi connectivity index (χ2n) is 13.4. The van der Waals surface area contributed by atoms with Crippen molar-refractivity contribution in [2.75, 3.05) is 19.6 Å². The zero-order valence-corrected chi connectivity index (χ0v) is 24.1. The maximum absolute atomic E-state index is 13.0. The third-order valence-corrected chi connectivity index (χ3v) is 9.95. The minimum Gasteiger partial charge on any atom is -0.508 e. The molecule has 1 amide bonds. The molecule has 0 spiro atoms. The minimum atomic E-state index is -0.354. The summed E-state index contributed by atoms with van der Waals surface area (Å²) in [4.78, 5) is 22.8. The average Bonchev–Trinajstić information content (AvgIpc) is 3.37. The lowest BCUT2D eigenvalue weighted by Gasteiger charge is -2.46. The van der Waals surface area contributed by atoms with Gasteiger partial charge >= 0.3 is 0 Å². The zero-order chi connectivity index (χ0) is 27.4. The summed E-state index contributed by atoms with van der Waals surface area (Å²) in [5.41, 5.74) is 3.24. The molecule has 3 aliphatic rings. The van der Waals surface area contributed by atoms with Gasteiger partial charge in [-0.05, 0) is 88.2 Å². The molecule has 2 bridgehead atoms. The van der Waals surface area contributed by atoms with E-state index in [-0.39, 0.29) is 16.7 Å². The number of amides is 1. The molecule has 4 heterocycles. The topological polar surface area (TPSA) is 61.6 Å². The fourth-order valence-corrected chi connectivity index (χ4v) is 7.92. The van der Waals surface area contributed by atoms with E-state index >= 15 is 0 Å². The third kappa shape index (κ3) is 4.86. The Hall–Kier alpha value is -2.86. The SMILES string of the molecule is Cc1nc2ccccc2n1[C@H]1C[C@H]2CC[C@@H](C1)N2CCC1(c2cccc(O)c2)CCN(C(=O)C(C)(C)C)CC1. The van der Waals surface area contributed by atoms with Crippen LogP contribution in [0.5, 0.6) is 5.75 Å². The number of carbonyl (C=O) groups is 1. The molecule has 6 rings (SSSR count). The number of phenolic OH excluding ortho intramolecular Hbond substituents is 1. The maximum atomic E-state index is 13.0. The molecule has 0 saturated carbocycles. The van der Waals surface area contributed by atoms with E-state index in [1.54, 1.807) is 6.07 Å². The first-order valence-electron chi connectivity index (χ1n) is 14.9. The number of benzene rings is 2. The predicted molar refractivity (Wildman–Crippen MR) is 156 cm³/mol. The van der Waals surface area contributed by atoms with Crippen molar-refractivity contribution in [3.05, 3.63) is 59.9 Å². The highest BCUT2D eigenvalue weighted by atomic mass is 16.3. The van der Waals surface area contributed by atoms with Crippen molar-refractivity contribution in [1.29, 1.82) is 0 Å². The minimum absolute atomic E-state index is 0.0131. The molecule has 3 aromatic rings. The number of phenols is 1. The van der Waals surface area contributed by atoms with E-state index in [0.29, 0.717) is 23.9 Å². The van der Waals surface area contributed by atoms with Crippen LogP contribution >= 0.6 is 0 Å².